The first kappa shape index (κ1) is 32.9. The molecule has 0 saturated carbocycles. The molecule has 5 rings (SSSR count). The van der Waals surface area contributed by atoms with Gasteiger partial charge in [0.2, 0.25) is 5.75 Å². The van der Waals surface area contributed by atoms with Crippen molar-refractivity contribution in [1.29, 1.82) is 0 Å². The summed E-state index contributed by atoms with van der Waals surface area (Å²) in [5.74, 6) is -3.93. The number of methoxy groups -OCH3 is 4. The SMILES string of the molecule is CCOC(=O)CNC(=O)OC1(c2ccc(OC)cc2F)OC(=O)C(c2ccc3nsnc3c2)=C1Cc1cc(OC)c(OC)c(OC)c1. The van der Waals surface area contributed by atoms with E-state index >= 15 is 4.39 Å². The van der Waals surface area contributed by atoms with Crippen molar-refractivity contribution in [2.24, 2.45) is 0 Å². The number of esters is 2. The third kappa shape index (κ3) is 6.47. The molecule has 4 aromatic rings. The summed E-state index contributed by atoms with van der Waals surface area (Å²) < 4.78 is 62.8. The first-order chi connectivity index (χ1) is 22.7. The summed E-state index contributed by atoms with van der Waals surface area (Å²) in [5.41, 5.74) is 1.67. The molecule has 1 atom stereocenters. The molecule has 15 heteroatoms. The highest BCUT2D eigenvalue weighted by molar-refractivity contribution is 7.00. The number of carbonyl (C=O) groups excluding carboxylic acids is 3. The molecule has 0 radical (unpaired) electrons. The van der Waals surface area contributed by atoms with E-state index in [0.29, 0.717) is 39.4 Å². The smallest absolute Gasteiger partial charge is 0.411 e. The molecule has 1 aliphatic rings. The minimum absolute atomic E-state index is 0.0120. The number of benzene rings is 3. The fraction of sp³-hybridized carbons (Fsp3) is 0.281. The Hall–Kier alpha value is -5.44. The van der Waals surface area contributed by atoms with Crippen LogP contribution >= 0.6 is 11.7 Å². The van der Waals surface area contributed by atoms with Crippen molar-refractivity contribution >= 4 is 46.4 Å². The lowest BCUT2D eigenvalue weighted by Crippen LogP contribution is -2.42. The van der Waals surface area contributed by atoms with Gasteiger partial charge < -0.3 is 38.5 Å². The maximum atomic E-state index is 16.0. The number of carbonyl (C=O) groups is 3. The topological polar surface area (TPSA) is 154 Å². The van der Waals surface area contributed by atoms with Gasteiger partial charge in [-0.3, -0.25) is 4.79 Å². The Labute approximate surface area is 272 Å². The highest BCUT2D eigenvalue weighted by Crippen LogP contribution is 2.50. The van der Waals surface area contributed by atoms with Crippen LogP contribution in [-0.4, -0.2) is 68.4 Å². The van der Waals surface area contributed by atoms with Crippen molar-refractivity contribution in [2.45, 2.75) is 19.1 Å². The van der Waals surface area contributed by atoms with Crippen molar-refractivity contribution in [2.75, 3.05) is 41.6 Å². The van der Waals surface area contributed by atoms with E-state index in [2.05, 4.69) is 14.1 Å². The molecule has 13 nitrogen and oxygen atoms in total. The molecule has 0 fully saturated rings. The Balaban J connectivity index is 1.75. The monoisotopic (exact) mass is 667 g/mol. The summed E-state index contributed by atoms with van der Waals surface area (Å²) in [5, 5.41) is 2.29. The predicted molar refractivity (Wildman–Crippen MR) is 166 cm³/mol. The van der Waals surface area contributed by atoms with Crippen LogP contribution in [0.5, 0.6) is 23.0 Å². The highest BCUT2D eigenvalue weighted by Gasteiger charge is 2.54. The standard InChI is InChI=1S/C32H30FN3O10S/c1-6-44-27(37)16-34-31(39)46-32(20-9-8-19(40-2)15-22(20)33)21(11-17-12-25(41-3)29(43-5)26(13-17)42-4)28(30(38)45-32)18-7-10-23-24(14-18)36-47-35-23/h7-10,12-15H,6,11,16H2,1-5H3,(H,34,39). The Morgan fingerprint density at radius 1 is 0.936 bits per heavy atom. The molecule has 47 heavy (non-hydrogen) atoms. The molecule has 1 N–H and O–H groups in total. The summed E-state index contributed by atoms with van der Waals surface area (Å²) >= 11 is 0.993. The molecule has 2 heterocycles. The van der Waals surface area contributed by atoms with Crippen molar-refractivity contribution in [1.82, 2.24) is 14.1 Å². The van der Waals surface area contributed by atoms with Gasteiger partial charge in [0, 0.05) is 18.1 Å². The predicted octanol–water partition coefficient (Wildman–Crippen LogP) is 4.56. The van der Waals surface area contributed by atoms with Gasteiger partial charge in [-0.15, -0.1) is 0 Å². The quantitative estimate of drug-likeness (QED) is 0.211. The molecular formula is C32H30FN3O10S. The number of fused-ring (bicyclic) bond motifs is 1. The number of aromatic nitrogens is 2. The second kappa shape index (κ2) is 13.9. The molecule has 0 spiro atoms. The van der Waals surface area contributed by atoms with Crippen LogP contribution in [0.15, 0.2) is 54.1 Å². The average Bonchev–Trinajstić information content (AvgIpc) is 3.64. The minimum atomic E-state index is -2.46. The first-order valence-corrected chi connectivity index (χ1v) is 14.9. The number of halogens is 1. The molecule has 1 unspecified atom stereocenters. The molecular weight excluding hydrogens is 637 g/mol. The number of rotatable bonds is 12. The van der Waals surface area contributed by atoms with E-state index in [1.807, 2.05) is 0 Å². The van der Waals surface area contributed by atoms with Crippen molar-refractivity contribution in [3.05, 3.63) is 76.6 Å². The Kier molecular flexibility index (Phi) is 9.75. The van der Waals surface area contributed by atoms with E-state index in [-0.39, 0.29) is 35.5 Å². The zero-order valence-electron chi connectivity index (χ0n) is 26.0. The Morgan fingerprint density at radius 2 is 1.66 bits per heavy atom. The maximum Gasteiger partial charge on any atom is 0.411 e. The van der Waals surface area contributed by atoms with Gasteiger partial charge in [0.1, 0.15) is 29.1 Å². The maximum absolute atomic E-state index is 16.0. The first-order valence-electron chi connectivity index (χ1n) is 14.1. The average molecular weight is 668 g/mol. The number of amides is 1. The van der Waals surface area contributed by atoms with Gasteiger partial charge in [-0.2, -0.15) is 8.75 Å². The summed E-state index contributed by atoms with van der Waals surface area (Å²) in [6.45, 7) is 1.13. The minimum Gasteiger partial charge on any atom is -0.497 e. The van der Waals surface area contributed by atoms with E-state index in [4.69, 9.17) is 33.2 Å². The fourth-order valence-corrected chi connectivity index (χ4v) is 5.69. The lowest BCUT2D eigenvalue weighted by molar-refractivity contribution is -0.186. The molecule has 246 valence electrons. The van der Waals surface area contributed by atoms with Crippen LogP contribution in [0.4, 0.5) is 9.18 Å². The lowest BCUT2D eigenvalue weighted by atomic mass is 9.87. The molecule has 1 aliphatic heterocycles. The number of cyclic esters (lactones) is 1. The third-order valence-corrected chi connectivity index (χ3v) is 7.79. The molecule has 3 aromatic carbocycles. The number of ether oxygens (including phenoxy) is 7. The van der Waals surface area contributed by atoms with Gasteiger partial charge in [0.25, 0.3) is 0 Å². The van der Waals surface area contributed by atoms with Crippen LogP contribution in [0.3, 0.4) is 0 Å². The highest BCUT2D eigenvalue weighted by atomic mass is 32.1. The molecule has 0 bridgehead atoms. The van der Waals surface area contributed by atoms with Crippen LogP contribution < -0.4 is 24.3 Å². The zero-order chi connectivity index (χ0) is 33.7. The second-order valence-corrected chi connectivity index (χ2v) is 10.5. The van der Waals surface area contributed by atoms with Crippen molar-refractivity contribution < 1.29 is 51.9 Å². The van der Waals surface area contributed by atoms with Crippen LogP contribution in [0, 0.1) is 5.82 Å². The van der Waals surface area contributed by atoms with E-state index < -0.39 is 36.2 Å². The van der Waals surface area contributed by atoms with E-state index in [0.717, 1.165) is 17.8 Å². The van der Waals surface area contributed by atoms with Crippen molar-refractivity contribution in [3.8, 4) is 23.0 Å². The van der Waals surface area contributed by atoms with Crippen LogP contribution in [0.2, 0.25) is 0 Å². The van der Waals surface area contributed by atoms with Gasteiger partial charge in [-0.25, -0.2) is 14.0 Å². The Morgan fingerprint density at radius 3 is 2.30 bits per heavy atom. The summed E-state index contributed by atoms with van der Waals surface area (Å²) in [6.07, 6.45) is -1.34. The third-order valence-electron chi connectivity index (χ3n) is 7.24. The molecule has 1 amide bonds. The summed E-state index contributed by atoms with van der Waals surface area (Å²) in [6, 6.07) is 12.0. The van der Waals surface area contributed by atoms with Crippen LogP contribution in [-0.2, 0) is 36.0 Å². The number of nitrogens with one attached hydrogen (secondary N) is 1. The lowest BCUT2D eigenvalue weighted by Gasteiger charge is -2.31. The van der Waals surface area contributed by atoms with Gasteiger partial charge in [-0.05, 0) is 54.4 Å². The number of alkyl carbamates (subject to hydrolysis) is 1. The van der Waals surface area contributed by atoms with E-state index in [9.17, 15) is 14.4 Å². The number of nitrogens with zero attached hydrogens (tertiary/aromatic N) is 2. The van der Waals surface area contributed by atoms with Crippen molar-refractivity contribution in [3.63, 3.8) is 0 Å². The van der Waals surface area contributed by atoms with Gasteiger partial charge in [0.05, 0.1) is 57.9 Å². The number of hydrogen-bond donors (Lipinski definition) is 1. The normalized spacial score (nSPS) is 15.7. The van der Waals surface area contributed by atoms with Gasteiger partial charge >= 0.3 is 23.8 Å². The summed E-state index contributed by atoms with van der Waals surface area (Å²) in [4.78, 5) is 39.3. The molecule has 1 aromatic heterocycles. The van der Waals surface area contributed by atoms with Crippen LogP contribution in [0.1, 0.15) is 23.6 Å². The molecule has 0 saturated heterocycles. The largest absolute Gasteiger partial charge is 0.497 e. The van der Waals surface area contributed by atoms with Crippen LogP contribution in [0.25, 0.3) is 16.6 Å². The van der Waals surface area contributed by atoms with Gasteiger partial charge in [-0.1, -0.05) is 6.07 Å². The number of hydrogen-bond acceptors (Lipinski definition) is 13. The molecule has 0 aliphatic carbocycles. The zero-order valence-corrected chi connectivity index (χ0v) is 26.8. The van der Waals surface area contributed by atoms with E-state index in [1.165, 1.54) is 40.6 Å². The summed E-state index contributed by atoms with van der Waals surface area (Å²) in [7, 11) is 5.70. The van der Waals surface area contributed by atoms with Gasteiger partial charge in [0.15, 0.2) is 11.5 Å². The van der Waals surface area contributed by atoms with E-state index in [1.54, 1.807) is 37.3 Å². The Bertz CT molecular complexity index is 1850. The second-order valence-electron chi connectivity index (χ2n) is 9.93. The fourth-order valence-electron chi connectivity index (χ4n) is 5.17.